The van der Waals surface area contributed by atoms with E-state index in [1.54, 1.807) is 0 Å². The quantitative estimate of drug-likeness (QED) is 0.494. The minimum atomic E-state index is 1.33. The first kappa shape index (κ1) is 8.22. The van der Waals surface area contributed by atoms with E-state index in [0.29, 0.717) is 0 Å². The van der Waals surface area contributed by atoms with Gasteiger partial charge in [0.1, 0.15) is 0 Å². The Morgan fingerprint density at radius 2 is 1.67 bits per heavy atom. The molecule has 0 amide bonds. The first-order valence-corrected chi connectivity index (χ1v) is 3.20. The molecule has 0 heterocycles. The first-order chi connectivity index (χ1) is 4.27. The van der Waals surface area contributed by atoms with E-state index < -0.39 is 0 Å². The Morgan fingerprint density at radius 1 is 1.00 bits per heavy atom. The van der Waals surface area contributed by atoms with Crippen molar-refractivity contribution in [2.75, 3.05) is 0 Å². The van der Waals surface area contributed by atoms with Crippen molar-refractivity contribution in [1.82, 2.24) is 0 Å². The maximum Gasteiger partial charge on any atom is -0.0439 e. The highest BCUT2D eigenvalue weighted by atomic mass is 13.7. The average molecular weight is 122 g/mol. The molecule has 0 bridgehead atoms. The molecule has 0 nitrogen and oxygen atoms in total. The predicted molar refractivity (Wildman–Crippen MR) is 43.4 cm³/mol. The molecule has 0 aromatic heterocycles. The summed E-state index contributed by atoms with van der Waals surface area (Å²) in [4.78, 5) is 0. The van der Waals surface area contributed by atoms with Crippen LogP contribution in [0.2, 0.25) is 0 Å². The monoisotopic (exact) mass is 122 g/mol. The Hall–Kier alpha value is -0.780. The number of hydrogen-bond donors (Lipinski definition) is 0. The van der Waals surface area contributed by atoms with Crippen molar-refractivity contribution in [3.63, 3.8) is 0 Å². The molecule has 0 spiro atoms. The molecule has 0 aliphatic rings. The summed E-state index contributed by atoms with van der Waals surface area (Å²) in [5, 5.41) is 0. The van der Waals surface area contributed by atoms with E-state index in [4.69, 9.17) is 0 Å². The van der Waals surface area contributed by atoms with Gasteiger partial charge < -0.3 is 0 Å². The van der Waals surface area contributed by atoms with Crippen LogP contribution < -0.4 is 0 Å². The Balaban J connectivity index is 3.60. The Labute approximate surface area is 57.6 Å². The van der Waals surface area contributed by atoms with Crippen LogP contribution in [0.15, 0.2) is 36.0 Å². The summed E-state index contributed by atoms with van der Waals surface area (Å²) in [5.41, 5.74) is 1.33. The molecule has 0 radical (unpaired) electrons. The van der Waals surface area contributed by atoms with E-state index >= 15 is 0 Å². The molecule has 50 valence electrons. The fourth-order valence-corrected chi connectivity index (χ4v) is 0.423. The van der Waals surface area contributed by atoms with E-state index in [-0.39, 0.29) is 0 Å². The lowest BCUT2D eigenvalue weighted by Gasteiger charge is -1.79. The molecule has 0 fully saturated rings. The molecule has 0 atom stereocenters. The summed E-state index contributed by atoms with van der Waals surface area (Å²) in [6, 6.07) is 0. The second-order valence-electron chi connectivity index (χ2n) is 2.15. The third-order valence-electron chi connectivity index (χ3n) is 0.844. The van der Waals surface area contributed by atoms with Gasteiger partial charge in [-0.1, -0.05) is 36.0 Å². The third-order valence-corrected chi connectivity index (χ3v) is 0.844. The Kier molecular flexibility index (Phi) is 4.89. The zero-order valence-electron chi connectivity index (χ0n) is 6.39. The summed E-state index contributed by atoms with van der Waals surface area (Å²) in [6.07, 6.45) is 10.2. The molecular weight excluding hydrogens is 108 g/mol. The summed E-state index contributed by atoms with van der Waals surface area (Å²) < 4.78 is 0. The first-order valence-electron chi connectivity index (χ1n) is 3.20. The van der Waals surface area contributed by atoms with Crippen molar-refractivity contribution in [1.29, 1.82) is 0 Å². The Bertz CT molecular complexity index is 132. The molecule has 0 aromatic rings. The van der Waals surface area contributed by atoms with Crippen LogP contribution in [0.1, 0.15) is 20.8 Å². The number of allylic oxidation sites excluding steroid dienone is 6. The highest BCUT2D eigenvalue weighted by Crippen LogP contribution is 1.88. The van der Waals surface area contributed by atoms with E-state index in [0.717, 1.165) is 0 Å². The average Bonchev–Trinajstić information content (AvgIpc) is 1.80. The molecule has 0 saturated carbocycles. The van der Waals surface area contributed by atoms with Crippen LogP contribution in [0.25, 0.3) is 0 Å². The van der Waals surface area contributed by atoms with Crippen molar-refractivity contribution in [2.24, 2.45) is 0 Å². The molecule has 9 heavy (non-hydrogen) atoms. The van der Waals surface area contributed by atoms with Crippen molar-refractivity contribution in [2.45, 2.75) is 20.8 Å². The van der Waals surface area contributed by atoms with Gasteiger partial charge >= 0.3 is 0 Å². The normalized spacial score (nSPS) is 11.0. The minimum absolute atomic E-state index is 1.33. The maximum absolute atomic E-state index is 2.08. The summed E-state index contributed by atoms with van der Waals surface area (Å²) in [6.45, 7) is 6.17. The van der Waals surface area contributed by atoms with Gasteiger partial charge in [-0.15, -0.1) is 0 Å². The van der Waals surface area contributed by atoms with Crippen LogP contribution in [-0.4, -0.2) is 0 Å². The fraction of sp³-hybridized carbons (Fsp3) is 0.333. The summed E-state index contributed by atoms with van der Waals surface area (Å²) in [5.74, 6) is 0. The van der Waals surface area contributed by atoms with E-state index in [9.17, 15) is 0 Å². The van der Waals surface area contributed by atoms with Crippen LogP contribution in [0.5, 0.6) is 0 Å². The predicted octanol–water partition coefficient (Wildman–Crippen LogP) is 3.08. The van der Waals surface area contributed by atoms with Gasteiger partial charge in [0.2, 0.25) is 0 Å². The molecule has 0 saturated heterocycles. The lowest BCUT2D eigenvalue weighted by atomic mass is 10.3. The Morgan fingerprint density at radius 3 is 2.11 bits per heavy atom. The van der Waals surface area contributed by atoms with Crippen LogP contribution >= 0.6 is 0 Å². The fourth-order valence-electron chi connectivity index (χ4n) is 0.423. The van der Waals surface area contributed by atoms with Gasteiger partial charge in [-0.05, 0) is 20.8 Å². The van der Waals surface area contributed by atoms with Crippen molar-refractivity contribution >= 4 is 0 Å². The lowest BCUT2D eigenvalue weighted by Crippen LogP contribution is -1.57. The van der Waals surface area contributed by atoms with E-state index in [1.807, 2.05) is 31.2 Å². The van der Waals surface area contributed by atoms with E-state index in [1.165, 1.54) is 5.57 Å². The van der Waals surface area contributed by atoms with Gasteiger partial charge in [-0.2, -0.15) is 0 Å². The summed E-state index contributed by atoms with van der Waals surface area (Å²) in [7, 11) is 0. The second-order valence-corrected chi connectivity index (χ2v) is 2.15. The SMILES string of the molecule is C/C=C\C=C/C=C(C)C. The van der Waals surface area contributed by atoms with Crippen molar-refractivity contribution < 1.29 is 0 Å². The van der Waals surface area contributed by atoms with Crippen LogP contribution in [0.4, 0.5) is 0 Å². The standard InChI is InChI=1S/C9H14/c1-4-5-6-7-8-9(2)3/h4-8H,1-3H3/b5-4-,7-6-. The van der Waals surface area contributed by atoms with Crippen molar-refractivity contribution in [3.05, 3.63) is 36.0 Å². The molecular formula is C9H14. The minimum Gasteiger partial charge on any atom is -0.0877 e. The van der Waals surface area contributed by atoms with Gasteiger partial charge in [-0.3, -0.25) is 0 Å². The smallest absolute Gasteiger partial charge is 0.0439 e. The summed E-state index contributed by atoms with van der Waals surface area (Å²) >= 11 is 0. The molecule has 0 N–H and O–H groups in total. The number of rotatable bonds is 2. The number of hydrogen-bond acceptors (Lipinski definition) is 0. The van der Waals surface area contributed by atoms with Crippen LogP contribution in [-0.2, 0) is 0 Å². The molecule has 0 aliphatic carbocycles. The van der Waals surface area contributed by atoms with E-state index in [2.05, 4.69) is 19.9 Å². The zero-order valence-corrected chi connectivity index (χ0v) is 6.39. The molecule has 0 rings (SSSR count). The lowest BCUT2D eigenvalue weighted by molar-refractivity contribution is 1.39. The maximum atomic E-state index is 2.08. The van der Waals surface area contributed by atoms with Crippen LogP contribution in [0.3, 0.4) is 0 Å². The zero-order chi connectivity index (χ0) is 7.11. The van der Waals surface area contributed by atoms with Gasteiger partial charge in [0.15, 0.2) is 0 Å². The second kappa shape index (κ2) is 5.36. The largest absolute Gasteiger partial charge is 0.0877 e. The van der Waals surface area contributed by atoms with Crippen molar-refractivity contribution in [3.8, 4) is 0 Å². The van der Waals surface area contributed by atoms with Crippen LogP contribution in [0, 0.1) is 0 Å². The highest BCUT2D eigenvalue weighted by Gasteiger charge is 1.66. The van der Waals surface area contributed by atoms with Gasteiger partial charge in [0, 0.05) is 0 Å². The van der Waals surface area contributed by atoms with Gasteiger partial charge in [-0.25, -0.2) is 0 Å². The molecule has 0 aliphatic heterocycles. The third kappa shape index (κ3) is 7.22. The molecule has 0 aromatic carbocycles. The highest BCUT2D eigenvalue weighted by molar-refractivity contribution is 5.13. The molecule has 0 heteroatoms. The van der Waals surface area contributed by atoms with Gasteiger partial charge in [0.05, 0.1) is 0 Å². The topological polar surface area (TPSA) is 0 Å². The molecule has 0 unspecified atom stereocenters. The van der Waals surface area contributed by atoms with Gasteiger partial charge in [0.25, 0.3) is 0 Å².